The van der Waals surface area contributed by atoms with E-state index in [9.17, 15) is 17.6 Å². The Bertz CT molecular complexity index is 2640. The van der Waals surface area contributed by atoms with Gasteiger partial charge in [0.2, 0.25) is 11.3 Å². The number of hydrogen-bond acceptors (Lipinski definition) is 11. The molecule has 4 N–H and O–H groups in total. The molecule has 4 aromatic carbocycles. The summed E-state index contributed by atoms with van der Waals surface area (Å²) in [5.74, 6) is -0.0530. The maximum Gasteiger partial charge on any atom is 0.294 e. The summed E-state index contributed by atoms with van der Waals surface area (Å²) in [5, 5.41) is 12.8. The van der Waals surface area contributed by atoms with Crippen molar-refractivity contribution in [1.82, 2.24) is 19.9 Å². The van der Waals surface area contributed by atoms with Crippen molar-refractivity contribution in [3.8, 4) is 34.3 Å². The average molecular weight is 770 g/mol. The fraction of sp³-hybridized carbons (Fsp3) is 0.128. The van der Waals surface area contributed by atoms with E-state index >= 15 is 4.39 Å². The Morgan fingerprint density at radius 3 is 2.35 bits per heavy atom. The van der Waals surface area contributed by atoms with Crippen LogP contribution in [0.2, 0.25) is 0 Å². The number of methoxy groups -OCH3 is 1. The highest BCUT2D eigenvalue weighted by molar-refractivity contribution is 7.85. The molecule has 0 aliphatic heterocycles. The minimum Gasteiger partial charge on any atom is -0.493 e. The molecule has 0 unspecified atom stereocenters. The zero-order chi connectivity index (χ0) is 39.1. The number of rotatable bonds is 11. The van der Waals surface area contributed by atoms with Crippen LogP contribution in [0, 0.1) is 18.6 Å². The molecule has 0 saturated carbocycles. The standard InChI is InChI=1S/C32H25F2N5O5.C7H8O3S/c1-42-27-14-21-25(15-28(27)43-12-2-11-40)37-17-38-32(21)44-26-8-7-20(13-23(26)34)39-31-29-24(9-10-35-31)36-16-22(30(29)41)18-3-5-19(33)6-4-18;1-6-2-4-7(5-3-6)11(8,9)10/h3-10,13-17,40H,2,11-12H2,1H3,(H,35,39)(H,36,41);2-5H,1H3,(H,8,9,10). The summed E-state index contributed by atoms with van der Waals surface area (Å²) in [6, 6.07) is 20.7. The number of pyridine rings is 2. The van der Waals surface area contributed by atoms with E-state index in [-0.39, 0.29) is 46.4 Å². The van der Waals surface area contributed by atoms with Gasteiger partial charge in [0.15, 0.2) is 23.1 Å². The number of anilines is 2. The van der Waals surface area contributed by atoms with Gasteiger partial charge in [0.05, 0.1) is 40.4 Å². The van der Waals surface area contributed by atoms with Crippen LogP contribution in [-0.2, 0) is 10.1 Å². The summed E-state index contributed by atoms with van der Waals surface area (Å²) < 4.78 is 75.3. The van der Waals surface area contributed by atoms with Gasteiger partial charge in [0, 0.05) is 48.8 Å². The monoisotopic (exact) mass is 769 g/mol. The highest BCUT2D eigenvalue weighted by atomic mass is 32.2. The van der Waals surface area contributed by atoms with Gasteiger partial charge in [-0.1, -0.05) is 29.8 Å². The van der Waals surface area contributed by atoms with E-state index in [1.54, 1.807) is 42.6 Å². The van der Waals surface area contributed by atoms with Crippen LogP contribution in [0.4, 0.5) is 20.3 Å². The second-order valence-electron chi connectivity index (χ2n) is 11.9. The van der Waals surface area contributed by atoms with E-state index in [1.165, 1.54) is 68.2 Å². The number of aliphatic hydroxyl groups is 1. The molecule has 0 spiro atoms. The Kier molecular flexibility index (Phi) is 11.6. The van der Waals surface area contributed by atoms with Crippen molar-refractivity contribution in [3.63, 3.8) is 0 Å². The topological polar surface area (TPSA) is 186 Å². The molecule has 13 nitrogen and oxygen atoms in total. The Morgan fingerprint density at radius 2 is 1.65 bits per heavy atom. The van der Waals surface area contributed by atoms with Gasteiger partial charge in [-0.2, -0.15) is 8.42 Å². The van der Waals surface area contributed by atoms with Crippen LogP contribution < -0.4 is 25.0 Å². The number of benzene rings is 4. The van der Waals surface area contributed by atoms with Crippen molar-refractivity contribution in [3.05, 3.63) is 131 Å². The fourth-order valence-corrected chi connectivity index (χ4v) is 5.83. The first-order chi connectivity index (χ1) is 26.4. The number of hydrogen-bond donors (Lipinski definition) is 4. The molecule has 7 aromatic rings. The van der Waals surface area contributed by atoms with Crippen molar-refractivity contribution in [2.24, 2.45) is 0 Å². The first-order valence-corrected chi connectivity index (χ1v) is 18.0. The molecular weight excluding hydrogens is 737 g/mol. The van der Waals surface area contributed by atoms with Gasteiger partial charge in [0.1, 0.15) is 18.0 Å². The van der Waals surface area contributed by atoms with Gasteiger partial charge in [-0.15, -0.1) is 0 Å². The van der Waals surface area contributed by atoms with Crippen LogP contribution in [0.15, 0.2) is 113 Å². The molecule has 282 valence electrons. The predicted molar refractivity (Wildman–Crippen MR) is 202 cm³/mol. The van der Waals surface area contributed by atoms with Crippen LogP contribution >= 0.6 is 0 Å². The summed E-state index contributed by atoms with van der Waals surface area (Å²) in [6.45, 7) is 2.12. The number of nitrogens with one attached hydrogen (secondary N) is 2. The lowest BCUT2D eigenvalue weighted by Crippen LogP contribution is -2.10. The summed E-state index contributed by atoms with van der Waals surface area (Å²) in [4.78, 5) is 29.2. The Morgan fingerprint density at radius 1 is 0.891 bits per heavy atom. The molecule has 0 aliphatic carbocycles. The normalized spacial score (nSPS) is 11.2. The molecular formula is C39H33F2N5O8S. The van der Waals surface area contributed by atoms with Crippen LogP contribution in [0.3, 0.4) is 0 Å². The number of H-pyrrole nitrogens is 1. The molecule has 0 fully saturated rings. The Hall–Kier alpha value is -6.49. The number of nitrogens with zero attached hydrogens (tertiary/aromatic N) is 3. The summed E-state index contributed by atoms with van der Waals surface area (Å²) in [7, 11) is -2.54. The van der Waals surface area contributed by atoms with Gasteiger partial charge < -0.3 is 29.6 Å². The third kappa shape index (κ3) is 9.01. The lowest BCUT2D eigenvalue weighted by molar-refractivity contribution is 0.228. The average Bonchev–Trinajstić information content (AvgIpc) is 3.16. The van der Waals surface area contributed by atoms with E-state index in [4.69, 9.17) is 23.9 Å². The minimum atomic E-state index is -4.02. The molecule has 3 heterocycles. The maximum absolute atomic E-state index is 15.3. The molecule has 0 bridgehead atoms. The van der Waals surface area contributed by atoms with Crippen LogP contribution in [0.25, 0.3) is 32.9 Å². The minimum absolute atomic E-state index is 0.00881. The summed E-state index contributed by atoms with van der Waals surface area (Å²) >= 11 is 0. The molecule has 0 atom stereocenters. The molecule has 0 saturated heterocycles. The lowest BCUT2D eigenvalue weighted by Gasteiger charge is -2.14. The molecule has 16 heteroatoms. The Labute approximate surface area is 313 Å². The van der Waals surface area contributed by atoms with Gasteiger partial charge in [0.25, 0.3) is 10.1 Å². The van der Waals surface area contributed by atoms with Crippen LogP contribution in [0.1, 0.15) is 12.0 Å². The third-order valence-electron chi connectivity index (χ3n) is 8.11. The zero-order valence-electron chi connectivity index (χ0n) is 29.3. The molecule has 55 heavy (non-hydrogen) atoms. The van der Waals surface area contributed by atoms with Crippen molar-refractivity contribution in [1.29, 1.82) is 0 Å². The van der Waals surface area contributed by atoms with Crippen LogP contribution in [0.5, 0.6) is 23.1 Å². The highest BCUT2D eigenvalue weighted by Gasteiger charge is 2.17. The smallest absolute Gasteiger partial charge is 0.294 e. The Balaban J connectivity index is 0.000000403. The number of aromatic amines is 1. The number of fused-ring (bicyclic) bond motifs is 2. The molecule has 0 amide bonds. The number of halogens is 2. The molecule has 3 aromatic heterocycles. The number of ether oxygens (including phenoxy) is 3. The van der Waals surface area contributed by atoms with Gasteiger partial charge >= 0.3 is 0 Å². The van der Waals surface area contributed by atoms with E-state index in [1.807, 2.05) is 6.92 Å². The zero-order valence-corrected chi connectivity index (χ0v) is 30.1. The highest BCUT2D eigenvalue weighted by Crippen LogP contribution is 2.37. The van der Waals surface area contributed by atoms with Gasteiger partial charge in [-0.25, -0.2) is 23.7 Å². The summed E-state index contributed by atoms with van der Waals surface area (Å²) in [6.07, 6.45) is 4.82. The number of aromatic nitrogens is 4. The quantitative estimate of drug-likeness (QED) is 0.0758. The van der Waals surface area contributed by atoms with Crippen molar-refractivity contribution >= 4 is 43.4 Å². The molecule has 0 radical (unpaired) electrons. The van der Waals surface area contributed by atoms with Gasteiger partial charge in [-0.3, -0.25) is 9.35 Å². The van der Waals surface area contributed by atoms with Crippen molar-refractivity contribution < 1.29 is 41.1 Å². The van der Waals surface area contributed by atoms with E-state index in [0.29, 0.717) is 51.2 Å². The largest absolute Gasteiger partial charge is 0.493 e. The number of aryl methyl sites for hydroxylation is 1. The second kappa shape index (κ2) is 16.7. The first kappa shape index (κ1) is 38.2. The maximum atomic E-state index is 15.3. The third-order valence-corrected chi connectivity index (χ3v) is 8.98. The summed E-state index contributed by atoms with van der Waals surface area (Å²) in [5.41, 5.74) is 2.83. The van der Waals surface area contributed by atoms with E-state index in [2.05, 4.69) is 25.3 Å². The fourth-order valence-electron chi connectivity index (χ4n) is 5.35. The first-order valence-electron chi connectivity index (χ1n) is 16.6. The van der Waals surface area contributed by atoms with Crippen molar-refractivity contribution in [2.45, 2.75) is 18.2 Å². The molecule has 7 rings (SSSR count). The van der Waals surface area contributed by atoms with Crippen LogP contribution in [-0.4, -0.2) is 58.3 Å². The SMILES string of the molecule is COc1cc2c(Oc3ccc(Nc4nccc5[nH]cc(-c6ccc(F)cc6)c(=O)c45)cc3F)ncnc2cc1OCCCO.Cc1ccc(S(=O)(=O)O)cc1. The number of aliphatic hydroxyl groups excluding tert-OH is 1. The van der Waals surface area contributed by atoms with Crippen molar-refractivity contribution in [2.75, 3.05) is 25.6 Å². The molecule has 0 aliphatic rings. The van der Waals surface area contributed by atoms with Gasteiger partial charge in [-0.05, 0) is 61.0 Å². The van der Waals surface area contributed by atoms with E-state index in [0.717, 1.165) is 5.56 Å². The predicted octanol–water partition coefficient (Wildman–Crippen LogP) is 7.36. The van der Waals surface area contributed by atoms with E-state index < -0.39 is 21.8 Å². The second-order valence-corrected chi connectivity index (χ2v) is 13.3. The lowest BCUT2D eigenvalue weighted by atomic mass is 10.0.